The van der Waals surface area contributed by atoms with E-state index in [1.807, 2.05) is 32.9 Å². The molecule has 1 atom stereocenters. The number of aryl methyl sites for hydroxylation is 1. The van der Waals surface area contributed by atoms with Crippen molar-refractivity contribution in [2.75, 3.05) is 6.54 Å². The van der Waals surface area contributed by atoms with Crippen LogP contribution in [0.4, 0.5) is 0 Å². The summed E-state index contributed by atoms with van der Waals surface area (Å²) in [7, 11) is 0. The average molecular weight is 208 g/mol. The fraction of sp³-hybridized carbons (Fsp3) is 0.545. The first-order valence-electron chi connectivity index (χ1n) is 5.11. The normalized spacial score (nSPS) is 25.0. The Balaban J connectivity index is 2.16. The summed E-state index contributed by atoms with van der Waals surface area (Å²) in [4.78, 5) is 11.5. The van der Waals surface area contributed by atoms with Crippen molar-refractivity contribution in [1.29, 1.82) is 0 Å². The summed E-state index contributed by atoms with van der Waals surface area (Å²) >= 11 is 0. The highest BCUT2D eigenvalue weighted by Gasteiger charge is 2.36. The molecule has 0 saturated carbocycles. The molecule has 0 aliphatic carbocycles. The highest BCUT2D eigenvalue weighted by molar-refractivity contribution is 5.86. The van der Waals surface area contributed by atoms with Crippen molar-refractivity contribution in [2.45, 2.75) is 32.4 Å². The Morgan fingerprint density at radius 1 is 1.47 bits per heavy atom. The van der Waals surface area contributed by atoms with Crippen LogP contribution in [0.1, 0.15) is 31.4 Å². The molecule has 0 radical (unpaired) electrons. The summed E-state index contributed by atoms with van der Waals surface area (Å²) in [6.45, 7) is 6.22. The summed E-state index contributed by atoms with van der Waals surface area (Å²) in [6.07, 6.45) is 0. The fourth-order valence-electron chi connectivity index (χ4n) is 1.78. The lowest BCUT2D eigenvalue weighted by atomic mass is 9.98. The molecule has 4 heteroatoms. The van der Waals surface area contributed by atoms with Gasteiger partial charge < -0.3 is 9.73 Å². The van der Waals surface area contributed by atoms with Gasteiger partial charge in [-0.05, 0) is 32.9 Å². The quantitative estimate of drug-likeness (QED) is 0.727. The molecule has 2 N–H and O–H groups in total. The number of furan rings is 1. The van der Waals surface area contributed by atoms with Gasteiger partial charge in [0, 0.05) is 6.54 Å². The van der Waals surface area contributed by atoms with Crippen LogP contribution in [0, 0.1) is 6.92 Å². The number of nitrogens with one attached hydrogen (secondary N) is 2. The highest BCUT2D eigenvalue weighted by atomic mass is 16.3. The Morgan fingerprint density at radius 3 is 2.73 bits per heavy atom. The molecule has 1 aliphatic rings. The zero-order chi connectivity index (χ0) is 11.1. The minimum atomic E-state index is -0.538. The number of rotatable bonds is 1. The monoisotopic (exact) mass is 208 g/mol. The lowest BCUT2D eigenvalue weighted by molar-refractivity contribution is -0.128. The molecule has 1 aliphatic heterocycles. The van der Waals surface area contributed by atoms with Crippen LogP contribution in [0.5, 0.6) is 0 Å². The Labute approximate surface area is 89.0 Å². The zero-order valence-corrected chi connectivity index (χ0v) is 9.26. The van der Waals surface area contributed by atoms with Crippen LogP contribution in [0.2, 0.25) is 0 Å². The van der Waals surface area contributed by atoms with Crippen LogP contribution in [-0.2, 0) is 4.79 Å². The van der Waals surface area contributed by atoms with Crippen LogP contribution in [0.15, 0.2) is 16.5 Å². The molecule has 82 valence electrons. The Kier molecular flexibility index (Phi) is 2.31. The SMILES string of the molecule is Cc1ccc(C2CNC(=O)C(C)(C)N2)o1. The van der Waals surface area contributed by atoms with Gasteiger partial charge in [0.05, 0.1) is 11.6 Å². The maximum atomic E-state index is 11.5. The molecule has 4 nitrogen and oxygen atoms in total. The number of carbonyl (C=O) groups is 1. The maximum absolute atomic E-state index is 11.5. The van der Waals surface area contributed by atoms with E-state index in [0.29, 0.717) is 6.54 Å². The summed E-state index contributed by atoms with van der Waals surface area (Å²) in [5.41, 5.74) is -0.538. The van der Waals surface area contributed by atoms with Gasteiger partial charge in [0.2, 0.25) is 5.91 Å². The molecule has 1 amide bonds. The van der Waals surface area contributed by atoms with Crippen molar-refractivity contribution in [3.63, 3.8) is 0 Å². The molecule has 1 aromatic rings. The lowest BCUT2D eigenvalue weighted by Gasteiger charge is -2.35. The van der Waals surface area contributed by atoms with Gasteiger partial charge in [0.25, 0.3) is 0 Å². The Bertz CT molecular complexity index is 382. The van der Waals surface area contributed by atoms with E-state index >= 15 is 0 Å². The lowest BCUT2D eigenvalue weighted by Crippen LogP contribution is -2.60. The third-order valence-electron chi connectivity index (χ3n) is 2.67. The summed E-state index contributed by atoms with van der Waals surface area (Å²) in [6, 6.07) is 3.94. The molecule has 2 heterocycles. The Morgan fingerprint density at radius 2 is 2.20 bits per heavy atom. The van der Waals surface area contributed by atoms with Crippen LogP contribution >= 0.6 is 0 Å². The third-order valence-corrected chi connectivity index (χ3v) is 2.67. The standard InChI is InChI=1S/C11H16N2O2/c1-7-4-5-9(15-7)8-6-12-10(14)11(2,3)13-8/h4-5,8,13H,6H2,1-3H3,(H,12,14). The van der Waals surface area contributed by atoms with Crippen molar-refractivity contribution in [3.8, 4) is 0 Å². The van der Waals surface area contributed by atoms with Crippen molar-refractivity contribution in [3.05, 3.63) is 23.7 Å². The summed E-state index contributed by atoms with van der Waals surface area (Å²) < 4.78 is 5.54. The minimum Gasteiger partial charge on any atom is -0.465 e. The van der Waals surface area contributed by atoms with E-state index in [4.69, 9.17) is 4.42 Å². The number of piperazine rings is 1. The smallest absolute Gasteiger partial charge is 0.239 e. The third kappa shape index (κ3) is 1.90. The number of hydrogen-bond acceptors (Lipinski definition) is 3. The van der Waals surface area contributed by atoms with E-state index in [2.05, 4.69) is 10.6 Å². The number of carbonyl (C=O) groups excluding carboxylic acids is 1. The maximum Gasteiger partial charge on any atom is 0.239 e. The van der Waals surface area contributed by atoms with Gasteiger partial charge in [0.1, 0.15) is 11.5 Å². The molecule has 1 saturated heterocycles. The fourth-order valence-corrected chi connectivity index (χ4v) is 1.78. The van der Waals surface area contributed by atoms with Crippen LogP contribution < -0.4 is 10.6 Å². The number of hydrogen-bond donors (Lipinski definition) is 2. The van der Waals surface area contributed by atoms with Gasteiger partial charge >= 0.3 is 0 Å². The molecular formula is C11H16N2O2. The molecule has 15 heavy (non-hydrogen) atoms. The second-order valence-electron chi connectivity index (χ2n) is 4.48. The molecule has 2 rings (SSSR count). The molecule has 0 aromatic carbocycles. The van der Waals surface area contributed by atoms with Crippen LogP contribution in [-0.4, -0.2) is 18.0 Å². The van der Waals surface area contributed by atoms with Crippen LogP contribution in [0.25, 0.3) is 0 Å². The van der Waals surface area contributed by atoms with E-state index in [1.54, 1.807) is 0 Å². The van der Waals surface area contributed by atoms with Gasteiger partial charge in [-0.1, -0.05) is 0 Å². The van der Waals surface area contributed by atoms with Crippen LogP contribution in [0.3, 0.4) is 0 Å². The minimum absolute atomic E-state index is 0.0297. The zero-order valence-electron chi connectivity index (χ0n) is 9.26. The van der Waals surface area contributed by atoms with Crippen molar-refractivity contribution < 1.29 is 9.21 Å². The molecule has 0 spiro atoms. The molecule has 1 fully saturated rings. The van der Waals surface area contributed by atoms with Gasteiger partial charge in [-0.25, -0.2) is 0 Å². The average Bonchev–Trinajstić information content (AvgIpc) is 2.57. The van der Waals surface area contributed by atoms with Gasteiger partial charge in [-0.15, -0.1) is 0 Å². The van der Waals surface area contributed by atoms with Crippen molar-refractivity contribution in [2.24, 2.45) is 0 Å². The predicted molar refractivity (Wildman–Crippen MR) is 56.4 cm³/mol. The van der Waals surface area contributed by atoms with E-state index in [-0.39, 0.29) is 11.9 Å². The topological polar surface area (TPSA) is 54.3 Å². The second kappa shape index (κ2) is 3.38. The van der Waals surface area contributed by atoms with Gasteiger partial charge in [0.15, 0.2) is 0 Å². The number of amides is 1. The largest absolute Gasteiger partial charge is 0.465 e. The van der Waals surface area contributed by atoms with E-state index in [0.717, 1.165) is 11.5 Å². The van der Waals surface area contributed by atoms with E-state index in [9.17, 15) is 4.79 Å². The van der Waals surface area contributed by atoms with Gasteiger partial charge in [-0.3, -0.25) is 10.1 Å². The van der Waals surface area contributed by atoms with Gasteiger partial charge in [-0.2, -0.15) is 0 Å². The van der Waals surface area contributed by atoms with E-state index in [1.165, 1.54) is 0 Å². The first-order chi connectivity index (χ1) is 6.99. The summed E-state index contributed by atoms with van der Waals surface area (Å²) in [5, 5.41) is 6.13. The predicted octanol–water partition coefficient (Wildman–Crippen LogP) is 1.13. The molecular weight excluding hydrogens is 192 g/mol. The first kappa shape index (κ1) is 10.2. The second-order valence-corrected chi connectivity index (χ2v) is 4.48. The van der Waals surface area contributed by atoms with Crippen molar-refractivity contribution in [1.82, 2.24) is 10.6 Å². The first-order valence-corrected chi connectivity index (χ1v) is 5.11. The molecule has 1 unspecified atom stereocenters. The van der Waals surface area contributed by atoms with Crippen molar-refractivity contribution >= 4 is 5.91 Å². The summed E-state index contributed by atoms with van der Waals surface area (Å²) in [5.74, 6) is 1.80. The Hall–Kier alpha value is -1.29. The molecule has 1 aromatic heterocycles. The highest BCUT2D eigenvalue weighted by Crippen LogP contribution is 2.21. The molecule has 0 bridgehead atoms. The van der Waals surface area contributed by atoms with E-state index < -0.39 is 5.54 Å².